The molecule has 4 rings (SSSR count). The predicted octanol–water partition coefficient (Wildman–Crippen LogP) is 6.40. The number of nitrogens with zero attached hydrogens (tertiary/aromatic N) is 3. The van der Waals surface area contributed by atoms with Crippen molar-refractivity contribution in [3.05, 3.63) is 76.3 Å². The van der Waals surface area contributed by atoms with Crippen molar-refractivity contribution in [3.8, 4) is 5.75 Å². The maximum Gasteiger partial charge on any atom is 0.261 e. The highest BCUT2D eigenvalue weighted by atomic mass is 35.5. The Kier molecular flexibility index (Phi) is 9.35. The van der Waals surface area contributed by atoms with E-state index in [9.17, 15) is 13.2 Å². The van der Waals surface area contributed by atoms with Gasteiger partial charge in [0.05, 0.1) is 21.7 Å². The number of hydrogen-bond donors (Lipinski definition) is 1. The minimum absolute atomic E-state index is 0.0600. The highest BCUT2D eigenvalue weighted by molar-refractivity contribution is 7.92. The van der Waals surface area contributed by atoms with E-state index >= 15 is 0 Å². The Morgan fingerprint density at radius 1 is 1.03 bits per heavy atom. The van der Waals surface area contributed by atoms with E-state index in [-0.39, 0.29) is 16.5 Å². The normalized spacial score (nSPS) is 11.6. The van der Waals surface area contributed by atoms with Gasteiger partial charge in [0.1, 0.15) is 11.3 Å². The fraction of sp³-hybridized carbons (Fsp3) is 0.259. The van der Waals surface area contributed by atoms with Crippen LogP contribution in [0.4, 0.5) is 10.8 Å². The summed E-state index contributed by atoms with van der Waals surface area (Å²) in [7, 11) is -2.32. The van der Waals surface area contributed by atoms with Crippen molar-refractivity contribution < 1.29 is 17.9 Å². The van der Waals surface area contributed by atoms with E-state index in [2.05, 4.69) is 23.5 Å². The van der Waals surface area contributed by atoms with Crippen LogP contribution in [0.5, 0.6) is 5.75 Å². The lowest BCUT2D eigenvalue weighted by Crippen LogP contribution is -2.38. The minimum atomic E-state index is -3.88. The average molecular weight is 608 g/mol. The van der Waals surface area contributed by atoms with Gasteiger partial charge in [-0.15, -0.1) is 0 Å². The van der Waals surface area contributed by atoms with Gasteiger partial charge in [-0.25, -0.2) is 13.4 Å². The molecule has 0 aliphatic heterocycles. The lowest BCUT2D eigenvalue weighted by Gasteiger charge is -2.25. The maximum absolute atomic E-state index is 13.9. The molecule has 0 aliphatic rings. The summed E-state index contributed by atoms with van der Waals surface area (Å²) in [6, 6.07) is 15.7. The van der Waals surface area contributed by atoms with Crippen molar-refractivity contribution in [2.24, 2.45) is 0 Å². The molecule has 0 unspecified atom stereocenters. The number of aromatic nitrogens is 1. The summed E-state index contributed by atoms with van der Waals surface area (Å²) in [5.41, 5.74) is 1.15. The smallest absolute Gasteiger partial charge is 0.261 e. The molecule has 39 heavy (non-hydrogen) atoms. The molecule has 1 amide bonds. The van der Waals surface area contributed by atoms with Crippen LogP contribution in [0, 0.1) is 0 Å². The summed E-state index contributed by atoms with van der Waals surface area (Å²) in [4.78, 5) is 22.5. The first-order valence-corrected chi connectivity index (χ1v) is 15.3. The van der Waals surface area contributed by atoms with Gasteiger partial charge in [-0.3, -0.25) is 14.4 Å². The zero-order chi connectivity index (χ0) is 28.2. The molecular formula is C27H28Cl2N4O4S2. The van der Waals surface area contributed by atoms with Crippen LogP contribution < -0.4 is 14.4 Å². The number of sulfonamides is 1. The molecule has 0 spiro atoms. The third-order valence-electron chi connectivity index (χ3n) is 6.16. The summed E-state index contributed by atoms with van der Waals surface area (Å²) in [6.07, 6.45) is 0. The fourth-order valence-corrected chi connectivity index (χ4v) is 6.44. The number of benzene rings is 3. The molecule has 3 aromatic carbocycles. The molecule has 0 aliphatic carbocycles. The van der Waals surface area contributed by atoms with Crippen molar-refractivity contribution in [2.75, 3.05) is 42.9 Å². The molecule has 0 bridgehead atoms. The van der Waals surface area contributed by atoms with E-state index in [1.165, 1.54) is 41.7 Å². The Balaban J connectivity index is 1.68. The third kappa shape index (κ3) is 6.64. The van der Waals surface area contributed by atoms with Crippen LogP contribution in [0.1, 0.15) is 24.2 Å². The van der Waals surface area contributed by atoms with Gasteiger partial charge in [0, 0.05) is 29.4 Å². The average Bonchev–Trinajstić information content (AvgIpc) is 3.37. The Morgan fingerprint density at radius 2 is 1.74 bits per heavy atom. The van der Waals surface area contributed by atoms with E-state index in [0.29, 0.717) is 45.1 Å². The van der Waals surface area contributed by atoms with Crippen LogP contribution >= 0.6 is 34.5 Å². The molecular weight excluding hydrogens is 579 g/mol. The second-order valence-electron chi connectivity index (χ2n) is 8.55. The Bertz CT molecular complexity index is 1570. The van der Waals surface area contributed by atoms with E-state index in [1.807, 2.05) is 0 Å². The lowest BCUT2D eigenvalue weighted by atomic mass is 10.2. The van der Waals surface area contributed by atoms with Crippen molar-refractivity contribution >= 4 is 71.5 Å². The third-order valence-corrected chi connectivity index (χ3v) is 9.35. The van der Waals surface area contributed by atoms with Crippen molar-refractivity contribution in [1.82, 2.24) is 9.88 Å². The van der Waals surface area contributed by atoms with E-state index in [1.54, 1.807) is 42.3 Å². The fourth-order valence-electron chi connectivity index (χ4n) is 3.99. The molecule has 4 aromatic rings. The number of rotatable bonds is 11. The van der Waals surface area contributed by atoms with Gasteiger partial charge >= 0.3 is 0 Å². The number of carbonyl (C=O) groups excluding carboxylic acids is 1. The molecule has 12 heteroatoms. The number of amides is 1. The molecule has 0 radical (unpaired) electrons. The maximum atomic E-state index is 13.9. The molecule has 8 nitrogen and oxygen atoms in total. The number of ether oxygens (including phenoxy) is 1. The SMILES string of the molecule is CCN(CC)CCN(C(=O)c1cccc(NS(=O)(=O)c2ccc(Cl)cc2)c1)c1nc2c(OC)ccc(Cl)c2s1. The number of carbonyl (C=O) groups is 1. The Labute approximate surface area is 242 Å². The summed E-state index contributed by atoms with van der Waals surface area (Å²) in [5.74, 6) is 0.246. The molecule has 0 saturated carbocycles. The first kappa shape index (κ1) is 29.1. The van der Waals surface area contributed by atoms with Crippen LogP contribution in [-0.2, 0) is 10.0 Å². The Morgan fingerprint density at radius 3 is 2.41 bits per heavy atom. The number of anilines is 2. The summed E-state index contributed by atoms with van der Waals surface area (Å²) < 4.78 is 34.5. The largest absolute Gasteiger partial charge is 0.494 e. The van der Waals surface area contributed by atoms with E-state index in [0.717, 1.165) is 17.8 Å². The highest BCUT2D eigenvalue weighted by Crippen LogP contribution is 2.39. The number of likely N-dealkylation sites (N-methyl/N-ethyl adjacent to an activating group) is 1. The highest BCUT2D eigenvalue weighted by Gasteiger charge is 2.24. The lowest BCUT2D eigenvalue weighted by molar-refractivity contribution is 0.0983. The second kappa shape index (κ2) is 12.5. The number of nitrogens with one attached hydrogen (secondary N) is 1. The monoisotopic (exact) mass is 606 g/mol. The second-order valence-corrected chi connectivity index (χ2v) is 12.1. The summed E-state index contributed by atoms with van der Waals surface area (Å²) in [5, 5.41) is 1.42. The van der Waals surface area contributed by atoms with Gasteiger partial charge in [-0.1, -0.05) is 54.5 Å². The number of fused-ring (bicyclic) bond motifs is 1. The van der Waals surface area contributed by atoms with Crippen LogP contribution in [0.2, 0.25) is 10.0 Å². The quantitative estimate of drug-likeness (QED) is 0.212. The van der Waals surface area contributed by atoms with E-state index in [4.69, 9.17) is 32.9 Å². The predicted molar refractivity (Wildman–Crippen MR) is 159 cm³/mol. The number of methoxy groups -OCH3 is 1. The van der Waals surface area contributed by atoms with Crippen molar-refractivity contribution in [1.29, 1.82) is 0 Å². The standard InChI is InChI=1S/C27H28Cl2N4O4S2/c1-4-32(5-2)15-16-33(27-30-24-23(37-3)14-13-22(29)25(24)38-27)26(34)18-7-6-8-20(17-18)31-39(35,36)21-11-9-19(28)10-12-21/h6-14,17,31H,4-5,15-16H2,1-3H3. The molecule has 1 N–H and O–H groups in total. The number of thiazole rings is 1. The van der Waals surface area contributed by atoms with Crippen LogP contribution in [-0.4, -0.2) is 57.5 Å². The van der Waals surface area contributed by atoms with Crippen LogP contribution in [0.3, 0.4) is 0 Å². The van der Waals surface area contributed by atoms with E-state index < -0.39 is 10.0 Å². The zero-order valence-electron chi connectivity index (χ0n) is 21.6. The van der Waals surface area contributed by atoms with Gasteiger partial charge in [0.2, 0.25) is 0 Å². The van der Waals surface area contributed by atoms with Crippen molar-refractivity contribution in [2.45, 2.75) is 18.7 Å². The van der Waals surface area contributed by atoms with Crippen molar-refractivity contribution in [3.63, 3.8) is 0 Å². The van der Waals surface area contributed by atoms with Gasteiger partial charge in [0.15, 0.2) is 5.13 Å². The minimum Gasteiger partial charge on any atom is -0.494 e. The molecule has 0 fully saturated rings. The van der Waals surface area contributed by atoms with Crippen LogP contribution in [0.15, 0.2) is 65.6 Å². The molecule has 0 saturated heterocycles. The van der Waals surface area contributed by atoms with Gasteiger partial charge < -0.3 is 9.64 Å². The topological polar surface area (TPSA) is 91.8 Å². The zero-order valence-corrected chi connectivity index (χ0v) is 24.8. The van der Waals surface area contributed by atoms with Crippen LogP contribution in [0.25, 0.3) is 10.2 Å². The van der Waals surface area contributed by atoms with Gasteiger partial charge in [-0.2, -0.15) is 0 Å². The molecule has 1 aromatic heterocycles. The number of hydrogen-bond acceptors (Lipinski definition) is 7. The summed E-state index contributed by atoms with van der Waals surface area (Å²) >= 11 is 13.6. The van der Waals surface area contributed by atoms with Gasteiger partial charge in [0.25, 0.3) is 15.9 Å². The molecule has 1 heterocycles. The molecule has 0 atom stereocenters. The molecule has 206 valence electrons. The first-order chi connectivity index (χ1) is 18.7. The van der Waals surface area contributed by atoms with Gasteiger partial charge in [-0.05, 0) is 67.7 Å². The first-order valence-electron chi connectivity index (χ1n) is 12.2. The Hall–Kier alpha value is -2.89. The number of halogens is 2. The summed E-state index contributed by atoms with van der Waals surface area (Å²) in [6.45, 7) is 6.80.